The van der Waals surface area contributed by atoms with Crippen LogP contribution in [0.5, 0.6) is 5.75 Å². The van der Waals surface area contributed by atoms with Crippen molar-refractivity contribution in [1.29, 1.82) is 0 Å². The zero-order chi connectivity index (χ0) is 19.5. The van der Waals surface area contributed by atoms with Gasteiger partial charge in [0, 0.05) is 34.8 Å². The Kier molecular flexibility index (Phi) is 4.94. The minimum absolute atomic E-state index is 0.0951. The van der Waals surface area contributed by atoms with Gasteiger partial charge in [-0.05, 0) is 24.3 Å². The van der Waals surface area contributed by atoms with Crippen molar-refractivity contribution in [3.63, 3.8) is 0 Å². The Hall–Kier alpha value is -3.39. The van der Waals surface area contributed by atoms with Crippen molar-refractivity contribution in [1.82, 2.24) is 14.5 Å². The van der Waals surface area contributed by atoms with E-state index in [1.165, 1.54) is 24.2 Å². The predicted molar refractivity (Wildman–Crippen MR) is 107 cm³/mol. The third kappa shape index (κ3) is 3.54. The number of para-hydroxylation sites is 1. The van der Waals surface area contributed by atoms with Gasteiger partial charge in [-0.25, -0.2) is 9.97 Å². The molecule has 0 aliphatic rings. The lowest BCUT2D eigenvalue weighted by atomic mass is 10.2. The molecule has 2 aromatic carbocycles. The predicted octanol–water partition coefficient (Wildman–Crippen LogP) is 4.55. The summed E-state index contributed by atoms with van der Waals surface area (Å²) < 4.78 is 7.44. The third-order valence-electron chi connectivity index (χ3n) is 4.31. The van der Waals surface area contributed by atoms with Gasteiger partial charge in [0.2, 0.25) is 0 Å². The molecule has 0 aliphatic heterocycles. The van der Waals surface area contributed by atoms with Crippen molar-refractivity contribution in [2.24, 2.45) is 0 Å². The second-order valence-electron chi connectivity index (χ2n) is 6.03. The molecular formula is C20H16N4O3S. The summed E-state index contributed by atoms with van der Waals surface area (Å²) in [5, 5.41) is 12.4. The first kappa shape index (κ1) is 18.0. The number of aromatic nitrogens is 3. The van der Waals surface area contributed by atoms with Gasteiger partial charge in [0.05, 0.1) is 34.7 Å². The van der Waals surface area contributed by atoms with Crippen LogP contribution in [0.25, 0.3) is 10.9 Å². The molecule has 0 amide bonds. The highest BCUT2D eigenvalue weighted by Gasteiger charge is 2.17. The van der Waals surface area contributed by atoms with Gasteiger partial charge < -0.3 is 9.30 Å². The number of methoxy groups -OCH3 is 1. The van der Waals surface area contributed by atoms with Gasteiger partial charge in [-0.15, -0.1) is 0 Å². The maximum Gasteiger partial charge on any atom is 0.283 e. The van der Waals surface area contributed by atoms with Gasteiger partial charge in [-0.1, -0.05) is 23.9 Å². The molecule has 2 aromatic heterocycles. The molecule has 0 saturated carbocycles. The fraction of sp³-hybridized carbons (Fsp3) is 0.100. The molecule has 28 heavy (non-hydrogen) atoms. The Morgan fingerprint density at radius 3 is 2.79 bits per heavy atom. The summed E-state index contributed by atoms with van der Waals surface area (Å²) in [6.07, 6.45) is 5.22. The van der Waals surface area contributed by atoms with E-state index in [1.807, 2.05) is 30.5 Å². The molecule has 4 rings (SSSR count). The minimum Gasteiger partial charge on any atom is -0.497 e. The van der Waals surface area contributed by atoms with Crippen molar-refractivity contribution in [2.45, 2.75) is 16.3 Å². The molecule has 0 unspecified atom stereocenters. The summed E-state index contributed by atoms with van der Waals surface area (Å²) in [6, 6.07) is 14.4. The van der Waals surface area contributed by atoms with Gasteiger partial charge in [0.15, 0.2) is 0 Å². The zero-order valence-electron chi connectivity index (χ0n) is 15.0. The first-order chi connectivity index (χ1) is 13.7. The number of ether oxygens (including phenoxy) is 1. The van der Waals surface area contributed by atoms with E-state index in [4.69, 9.17) is 4.74 Å². The van der Waals surface area contributed by atoms with Crippen molar-refractivity contribution >= 4 is 28.4 Å². The monoisotopic (exact) mass is 392 g/mol. The van der Waals surface area contributed by atoms with Gasteiger partial charge in [-0.2, -0.15) is 0 Å². The summed E-state index contributed by atoms with van der Waals surface area (Å²) >= 11 is 1.38. The lowest BCUT2D eigenvalue weighted by Gasteiger charge is -2.06. The summed E-state index contributed by atoms with van der Waals surface area (Å²) in [5.41, 5.74) is 1.94. The quantitative estimate of drug-likeness (QED) is 0.354. The van der Waals surface area contributed by atoms with E-state index in [2.05, 4.69) is 14.5 Å². The van der Waals surface area contributed by atoms with E-state index in [0.717, 1.165) is 27.2 Å². The number of benzene rings is 2. The number of nitro groups is 1. The zero-order valence-corrected chi connectivity index (χ0v) is 15.8. The van der Waals surface area contributed by atoms with Gasteiger partial charge >= 0.3 is 0 Å². The molecule has 140 valence electrons. The highest BCUT2D eigenvalue weighted by Crippen LogP contribution is 2.40. The first-order valence-electron chi connectivity index (χ1n) is 8.49. The lowest BCUT2D eigenvalue weighted by molar-refractivity contribution is -0.387. The average Bonchev–Trinajstić information content (AvgIpc) is 3.05. The minimum atomic E-state index is -0.356. The summed E-state index contributed by atoms with van der Waals surface area (Å²) in [5.74, 6) is 0.747. The van der Waals surface area contributed by atoms with E-state index >= 15 is 0 Å². The van der Waals surface area contributed by atoms with Crippen molar-refractivity contribution in [2.75, 3.05) is 7.11 Å². The van der Waals surface area contributed by atoms with Crippen molar-refractivity contribution in [3.8, 4) is 5.75 Å². The van der Waals surface area contributed by atoms with Gasteiger partial charge in [0.25, 0.3) is 5.69 Å². The maximum atomic E-state index is 11.4. The van der Waals surface area contributed by atoms with Crippen LogP contribution in [0.2, 0.25) is 0 Å². The molecule has 0 N–H and O–H groups in total. The fourth-order valence-corrected chi connectivity index (χ4v) is 4.07. The van der Waals surface area contributed by atoms with E-state index in [1.54, 1.807) is 31.5 Å². The van der Waals surface area contributed by atoms with Crippen LogP contribution in [0, 0.1) is 10.1 Å². The Labute approximate surface area is 165 Å². The number of hydrogen-bond donors (Lipinski definition) is 0. The molecular weight excluding hydrogens is 376 g/mol. The van der Waals surface area contributed by atoms with Crippen LogP contribution in [-0.2, 0) is 6.54 Å². The van der Waals surface area contributed by atoms with Crippen LogP contribution in [0.3, 0.4) is 0 Å². The van der Waals surface area contributed by atoms with Crippen LogP contribution in [-0.4, -0.2) is 26.6 Å². The average molecular weight is 392 g/mol. The number of nitro benzene ring substituents is 1. The van der Waals surface area contributed by atoms with E-state index in [-0.39, 0.29) is 10.6 Å². The SMILES string of the molecule is COc1ccc2c(Sc3ccccc3[N+](=O)[O-])cn(Cc3ccncn3)c2c1. The van der Waals surface area contributed by atoms with Gasteiger partial charge in [0.1, 0.15) is 12.1 Å². The van der Waals surface area contributed by atoms with E-state index in [0.29, 0.717) is 11.4 Å². The number of hydrogen-bond acceptors (Lipinski definition) is 6. The molecule has 7 nitrogen and oxygen atoms in total. The second kappa shape index (κ2) is 7.69. The van der Waals surface area contributed by atoms with Crippen molar-refractivity contribution in [3.05, 3.63) is 83.1 Å². The van der Waals surface area contributed by atoms with Crippen LogP contribution in [0.1, 0.15) is 5.69 Å². The first-order valence-corrected chi connectivity index (χ1v) is 9.30. The normalized spacial score (nSPS) is 10.9. The van der Waals surface area contributed by atoms with Crippen molar-refractivity contribution < 1.29 is 9.66 Å². The highest BCUT2D eigenvalue weighted by molar-refractivity contribution is 7.99. The van der Waals surface area contributed by atoms with Crippen LogP contribution < -0.4 is 4.74 Å². The largest absolute Gasteiger partial charge is 0.497 e. The molecule has 2 heterocycles. The Balaban J connectivity index is 1.80. The molecule has 0 atom stereocenters. The number of fused-ring (bicyclic) bond motifs is 1. The molecule has 0 saturated heterocycles. The lowest BCUT2D eigenvalue weighted by Crippen LogP contribution is -2.00. The molecule has 0 fully saturated rings. The van der Waals surface area contributed by atoms with E-state index < -0.39 is 0 Å². The van der Waals surface area contributed by atoms with Gasteiger partial charge in [-0.3, -0.25) is 10.1 Å². The highest BCUT2D eigenvalue weighted by atomic mass is 32.2. The second-order valence-corrected chi connectivity index (χ2v) is 7.12. The fourth-order valence-electron chi connectivity index (χ4n) is 2.98. The summed E-state index contributed by atoms with van der Waals surface area (Å²) in [4.78, 5) is 20.8. The van der Waals surface area contributed by atoms with Crippen LogP contribution in [0.15, 0.2) is 77.0 Å². The Morgan fingerprint density at radius 1 is 1.18 bits per heavy atom. The molecule has 4 aromatic rings. The number of rotatable bonds is 6. The number of nitrogens with zero attached hydrogens (tertiary/aromatic N) is 4. The topological polar surface area (TPSA) is 83.1 Å². The molecule has 0 spiro atoms. The Bertz CT molecular complexity index is 1140. The standard InChI is InChI=1S/C20H16N4O3S/c1-27-15-6-7-16-18(10-15)23(11-14-8-9-21-13-22-14)12-20(16)28-19-5-3-2-4-17(19)24(25)26/h2-10,12-13H,11H2,1H3. The summed E-state index contributed by atoms with van der Waals surface area (Å²) in [7, 11) is 1.63. The van der Waals surface area contributed by atoms with Crippen LogP contribution in [0.4, 0.5) is 5.69 Å². The molecule has 0 radical (unpaired) electrons. The molecule has 8 heteroatoms. The molecule has 0 bridgehead atoms. The Morgan fingerprint density at radius 2 is 2.04 bits per heavy atom. The smallest absolute Gasteiger partial charge is 0.283 e. The maximum absolute atomic E-state index is 11.4. The molecule has 0 aliphatic carbocycles. The summed E-state index contributed by atoms with van der Waals surface area (Å²) in [6.45, 7) is 0.559. The van der Waals surface area contributed by atoms with E-state index in [9.17, 15) is 10.1 Å². The van der Waals surface area contributed by atoms with Crippen LogP contribution >= 0.6 is 11.8 Å². The third-order valence-corrected chi connectivity index (χ3v) is 5.42.